The van der Waals surface area contributed by atoms with E-state index < -0.39 is 6.10 Å². The largest absolute Gasteiger partial charge is 0.384 e. The molecular formula is C18H24N2O3. The monoisotopic (exact) mass is 316 g/mol. The molecule has 1 aliphatic heterocycles. The minimum atomic E-state index is -0.977. The van der Waals surface area contributed by atoms with E-state index in [1.54, 1.807) is 9.80 Å². The van der Waals surface area contributed by atoms with E-state index in [1.807, 2.05) is 43.3 Å². The lowest BCUT2D eigenvalue weighted by atomic mass is 10.1. The normalized spacial score (nSPS) is 16.7. The molecule has 23 heavy (non-hydrogen) atoms. The van der Waals surface area contributed by atoms with Crippen LogP contribution in [0.5, 0.6) is 0 Å². The molecule has 1 fully saturated rings. The first-order valence-corrected chi connectivity index (χ1v) is 7.95. The van der Waals surface area contributed by atoms with Crippen molar-refractivity contribution >= 4 is 17.9 Å². The van der Waals surface area contributed by atoms with Crippen LogP contribution in [-0.2, 0) is 9.59 Å². The van der Waals surface area contributed by atoms with Gasteiger partial charge in [0.2, 0.25) is 5.91 Å². The number of benzene rings is 1. The molecule has 0 aliphatic carbocycles. The van der Waals surface area contributed by atoms with Gasteiger partial charge in [0.15, 0.2) is 0 Å². The second-order valence-electron chi connectivity index (χ2n) is 5.90. The lowest BCUT2D eigenvalue weighted by Gasteiger charge is -2.35. The minimum absolute atomic E-state index is 0.0671. The first-order valence-electron chi connectivity index (χ1n) is 7.95. The van der Waals surface area contributed by atoms with Crippen LogP contribution in [0, 0.1) is 6.92 Å². The van der Waals surface area contributed by atoms with Crippen LogP contribution in [0.1, 0.15) is 24.5 Å². The Balaban J connectivity index is 1.79. The predicted molar refractivity (Wildman–Crippen MR) is 89.7 cm³/mol. The van der Waals surface area contributed by atoms with Crippen LogP contribution in [0.15, 0.2) is 30.3 Å². The highest BCUT2D eigenvalue weighted by molar-refractivity contribution is 5.81. The molecule has 1 saturated heterocycles. The van der Waals surface area contributed by atoms with Crippen molar-refractivity contribution in [3.63, 3.8) is 0 Å². The van der Waals surface area contributed by atoms with Crippen LogP contribution in [0.3, 0.4) is 0 Å². The molecule has 1 aromatic rings. The van der Waals surface area contributed by atoms with Crippen LogP contribution >= 0.6 is 0 Å². The Morgan fingerprint density at radius 3 is 2.26 bits per heavy atom. The lowest BCUT2D eigenvalue weighted by molar-refractivity contribution is -0.144. The van der Waals surface area contributed by atoms with Crippen molar-refractivity contribution in [1.29, 1.82) is 0 Å². The molecule has 1 N–H and O–H groups in total. The number of hydrogen-bond acceptors (Lipinski definition) is 3. The van der Waals surface area contributed by atoms with E-state index in [-0.39, 0.29) is 11.8 Å². The molecule has 5 heteroatoms. The summed E-state index contributed by atoms with van der Waals surface area (Å²) in [5, 5.41) is 9.31. The lowest BCUT2D eigenvalue weighted by Crippen LogP contribution is -2.52. The van der Waals surface area contributed by atoms with Gasteiger partial charge in [-0.3, -0.25) is 9.59 Å². The van der Waals surface area contributed by atoms with Crippen LogP contribution in [0.4, 0.5) is 0 Å². The molecule has 124 valence electrons. The average molecular weight is 316 g/mol. The maximum absolute atomic E-state index is 12.2. The fourth-order valence-corrected chi connectivity index (χ4v) is 2.54. The molecule has 5 nitrogen and oxygen atoms in total. The summed E-state index contributed by atoms with van der Waals surface area (Å²) in [7, 11) is 0. The van der Waals surface area contributed by atoms with Gasteiger partial charge >= 0.3 is 0 Å². The topological polar surface area (TPSA) is 60.9 Å². The summed E-state index contributed by atoms with van der Waals surface area (Å²) >= 11 is 0. The molecular weight excluding hydrogens is 292 g/mol. The number of rotatable bonds is 4. The molecule has 2 rings (SSSR count). The predicted octanol–water partition coefficient (Wildman–Crippen LogP) is 1.45. The first kappa shape index (κ1) is 17.2. The van der Waals surface area contributed by atoms with Gasteiger partial charge in [-0.15, -0.1) is 0 Å². The molecule has 0 bridgehead atoms. The molecule has 0 saturated carbocycles. The van der Waals surface area contributed by atoms with Crippen molar-refractivity contribution in [3.05, 3.63) is 41.5 Å². The third-order valence-electron chi connectivity index (χ3n) is 3.98. The number of amides is 2. The van der Waals surface area contributed by atoms with Gasteiger partial charge in [-0.25, -0.2) is 0 Å². The molecule has 1 atom stereocenters. The van der Waals surface area contributed by atoms with E-state index >= 15 is 0 Å². The van der Waals surface area contributed by atoms with E-state index in [0.717, 1.165) is 5.56 Å². The molecule has 2 amide bonds. The summed E-state index contributed by atoms with van der Waals surface area (Å²) in [6.45, 7) is 5.52. The van der Waals surface area contributed by atoms with Crippen molar-refractivity contribution in [2.75, 3.05) is 26.2 Å². The zero-order valence-corrected chi connectivity index (χ0v) is 13.7. The summed E-state index contributed by atoms with van der Waals surface area (Å²) in [6, 6.07) is 8.13. The fourth-order valence-electron chi connectivity index (χ4n) is 2.54. The van der Waals surface area contributed by atoms with Gasteiger partial charge in [-0.2, -0.15) is 0 Å². The van der Waals surface area contributed by atoms with Gasteiger partial charge < -0.3 is 14.9 Å². The molecule has 0 aromatic heterocycles. The van der Waals surface area contributed by atoms with E-state index in [1.165, 1.54) is 12.5 Å². The Morgan fingerprint density at radius 2 is 1.70 bits per heavy atom. The molecule has 0 radical (unpaired) electrons. The van der Waals surface area contributed by atoms with Crippen LogP contribution < -0.4 is 0 Å². The number of carbonyl (C=O) groups excluding carboxylic acids is 2. The number of carbonyl (C=O) groups is 2. The minimum Gasteiger partial charge on any atom is -0.384 e. The molecule has 1 aliphatic rings. The van der Waals surface area contributed by atoms with Gasteiger partial charge in [-0.05, 0) is 19.4 Å². The number of nitrogens with zero attached hydrogens (tertiary/aromatic N) is 2. The zero-order chi connectivity index (χ0) is 16.8. The fraction of sp³-hybridized carbons (Fsp3) is 0.444. The summed E-state index contributed by atoms with van der Waals surface area (Å²) < 4.78 is 0. The van der Waals surface area contributed by atoms with Crippen molar-refractivity contribution in [2.24, 2.45) is 0 Å². The highest BCUT2D eigenvalue weighted by Crippen LogP contribution is 2.08. The smallest absolute Gasteiger partial charge is 0.251 e. The quantitative estimate of drug-likeness (QED) is 0.914. The molecule has 1 unspecified atom stereocenters. The van der Waals surface area contributed by atoms with Crippen LogP contribution in [0.2, 0.25) is 0 Å². The van der Waals surface area contributed by atoms with E-state index in [4.69, 9.17) is 0 Å². The maximum atomic E-state index is 12.2. The summed E-state index contributed by atoms with van der Waals surface area (Å²) in [6.07, 6.45) is 3.21. The van der Waals surface area contributed by atoms with Crippen molar-refractivity contribution < 1.29 is 14.7 Å². The third-order valence-corrected chi connectivity index (χ3v) is 3.98. The highest BCUT2D eigenvalue weighted by Gasteiger charge is 2.25. The van der Waals surface area contributed by atoms with Gasteiger partial charge in [0.1, 0.15) is 6.10 Å². The van der Waals surface area contributed by atoms with Crippen molar-refractivity contribution in [1.82, 2.24) is 9.80 Å². The first-order chi connectivity index (χ1) is 11.0. The van der Waals surface area contributed by atoms with E-state index in [2.05, 4.69) is 0 Å². The Labute approximate surface area is 137 Å². The van der Waals surface area contributed by atoms with E-state index in [0.29, 0.717) is 32.6 Å². The number of aliphatic hydroxyl groups is 1. The van der Waals surface area contributed by atoms with Crippen molar-refractivity contribution in [3.8, 4) is 0 Å². The highest BCUT2D eigenvalue weighted by atomic mass is 16.3. The SMILES string of the molecule is Cc1ccc(/C=C/CC(=O)N2CCN(C(=O)C(C)O)CC2)cc1. The summed E-state index contributed by atoms with van der Waals surface area (Å²) in [5.74, 6) is -0.200. The Hall–Kier alpha value is -2.14. The third kappa shape index (κ3) is 4.93. The summed E-state index contributed by atoms with van der Waals surface area (Å²) in [4.78, 5) is 27.2. The average Bonchev–Trinajstić information content (AvgIpc) is 2.56. The Kier molecular flexibility index (Phi) is 5.93. The summed E-state index contributed by atoms with van der Waals surface area (Å²) in [5.41, 5.74) is 2.29. The second kappa shape index (κ2) is 7.92. The standard InChI is InChI=1S/C18H24N2O3/c1-14-6-8-16(9-7-14)4-3-5-17(22)19-10-12-20(13-11-19)18(23)15(2)21/h3-4,6-9,15,21H,5,10-13H2,1-2H3/b4-3+. The van der Waals surface area contributed by atoms with E-state index in [9.17, 15) is 14.7 Å². The number of hydrogen-bond donors (Lipinski definition) is 1. The van der Waals surface area contributed by atoms with Gasteiger partial charge in [0.25, 0.3) is 5.91 Å². The van der Waals surface area contributed by atoms with Gasteiger partial charge in [0, 0.05) is 32.6 Å². The Morgan fingerprint density at radius 1 is 1.13 bits per heavy atom. The zero-order valence-electron chi connectivity index (χ0n) is 13.7. The Bertz CT molecular complexity index is 570. The number of aryl methyl sites for hydroxylation is 1. The molecule has 1 heterocycles. The second-order valence-corrected chi connectivity index (χ2v) is 5.90. The van der Waals surface area contributed by atoms with Crippen LogP contribution in [0.25, 0.3) is 6.08 Å². The number of piperazine rings is 1. The molecule has 0 spiro atoms. The van der Waals surface area contributed by atoms with Crippen LogP contribution in [-0.4, -0.2) is 59.0 Å². The number of aliphatic hydroxyl groups excluding tert-OH is 1. The molecule has 1 aromatic carbocycles. The van der Waals surface area contributed by atoms with Gasteiger partial charge in [-0.1, -0.05) is 42.0 Å². The maximum Gasteiger partial charge on any atom is 0.251 e. The van der Waals surface area contributed by atoms with Crippen molar-refractivity contribution in [2.45, 2.75) is 26.4 Å². The van der Waals surface area contributed by atoms with Gasteiger partial charge in [0.05, 0.1) is 0 Å².